The highest BCUT2D eigenvalue weighted by Crippen LogP contribution is 2.60. The summed E-state index contributed by atoms with van der Waals surface area (Å²) in [4.78, 5) is 11.5. The first-order valence-electron chi connectivity index (χ1n) is 6.32. The Morgan fingerprint density at radius 2 is 1.70 bits per heavy atom. The topological polar surface area (TPSA) is 61.8 Å². The normalized spacial score (nSPS) is 12.2. The Balaban J connectivity index is 3.33. The van der Waals surface area contributed by atoms with Gasteiger partial charge in [0.15, 0.2) is 0 Å². The molecule has 0 saturated carbocycles. The third-order valence-corrected chi connectivity index (χ3v) is 4.59. The van der Waals surface area contributed by atoms with E-state index in [1.54, 1.807) is 38.1 Å². The van der Waals surface area contributed by atoms with E-state index in [1.165, 1.54) is 7.11 Å². The summed E-state index contributed by atoms with van der Waals surface area (Å²) < 4.78 is 28.0. The summed E-state index contributed by atoms with van der Waals surface area (Å²) in [6, 6.07) is 8.86. The molecule has 0 spiro atoms. The zero-order chi connectivity index (χ0) is 15.0. The molecule has 1 aromatic carbocycles. The third-order valence-electron chi connectivity index (χ3n) is 2.42. The van der Waals surface area contributed by atoms with Crippen LogP contribution in [-0.4, -0.2) is 26.3 Å². The van der Waals surface area contributed by atoms with Gasteiger partial charge in [0.2, 0.25) is 0 Å². The van der Waals surface area contributed by atoms with Gasteiger partial charge < -0.3 is 13.8 Å². The molecule has 5 nitrogen and oxygen atoms in total. The van der Waals surface area contributed by atoms with E-state index in [1.807, 2.05) is 6.07 Å². The van der Waals surface area contributed by atoms with Gasteiger partial charge >= 0.3 is 13.6 Å². The van der Waals surface area contributed by atoms with E-state index in [-0.39, 0.29) is 18.5 Å². The minimum absolute atomic E-state index is 0.202. The van der Waals surface area contributed by atoms with Crippen molar-refractivity contribution < 1.29 is 23.1 Å². The van der Waals surface area contributed by atoms with Gasteiger partial charge in [0.1, 0.15) is 0 Å². The highest BCUT2D eigenvalue weighted by Gasteiger charge is 2.31. The lowest BCUT2D eigenvalue weighted by Gasteiger charge is -2.20. The molecular weight excluding hydrogens is 279 g/mol. The SMILES string of the molecule is CCOP(=O)(OCC)/C(=C/C(=O)OC)c1ccccc1. The van der Waals surface area contributed by atoms with Gasteiger partial charge in [0, 0.05) is 6.08 Å². The summed E-state index contributed by atoms with van der Waals surface area (Å²) in [6.45, 7) is 3.85. The molecule has 0 bridgehead atoms. The van der Waals surface area contributed by atoms with Crippen molar-refractivity contribution >= 4 is 18.9 Å². The van der Waals surface area contributed by atoms with Crippen molar-refractivity contribution in [3.63, 3.8) is 0 Å². The monoisotopic (exact) mass is 298 g/mol. The summed E-state index contributed by atoms with van der Waals surface area (Å²) >= 11 is 0. The maximum Gasteiger partial charge on any atom is 0.362 e. The van der Waals surface area contributed by atoms with Crippen LogP contribution in [0.4, 0.5) is 0 Å². The molecule has 20 heavy (non-hydrogen) atoms. The van der Waals surface area contributed by atoms with Crippen LogP contribution in [0.2, 0.25) is 0 Å². The Labute approximate surface area is 119 Å². The Morgan fingerprint density at radius 1 is 1.15 bits per heavy atom. The molecule has 110 valence electrons. The second kappa shape index (κ2) is 8.00. The van der Waals surface area contributed by atoms with Gasteiger partial charge in [-0.1, -0.05) is 30.3 Å². The first-order valence-corrected chi connectivity index (χ1v) is 7.86. The standard InChI is InChI=1S/C14H19O5P/c1-4-18-20(16,19-5-2)13(11-14(15)17-3)12-9-7-6-8-10-12/h6-11H,4-5H2,1-3H3/b13-11+. The van der Waals surface area contributed by atoms with Crippen LogP contribution in [0.15, 0.2) is 36.4 Å². The average Bonchev–Trinajstić information content (AvgIpc) is 2.45. The van der Waals surface area contributed by atoms with Crippen LogP contribution >= 0.6 is 7.60 Å². The number of benzene rings is 1. The number of esters is 1. The van der Waals surface area contributed by atoms with Crippen molar-refractivity contribution in [2.45, 2.75) is 13.8 Å². The molecule has 0 fully saturated rings. The first-order chi connectivity index (χ1) is 9.57. The number of carbonyl (C=O) groups is 1. The highest BCUT2D eigenvalue weighted by atomic mass is 31.2. The second-order valence-corrected chi connectivity index (χ2v) is 5.74. The van der Waals surface area contributed by atoms with Gasteiger partial charge in [0.25, 0.3) is 0 Å². The van der Waals surface area contributed by atoms with Crippen molar-refractivity contribution in [1.29, 1.82) is 0 Å². The first kappa shape index (κ1) is 16.6. The zero-order valence-corrected chi connectivity index (χ0v) is 12.8. The number of hydrogen-bond acceptors (Lipinski definition) is 5. The van der Waals surface area contributed by atoms with Crippen molar-refractivity contribution in [1.82, 2.24) is 0 Å². The van der Waals surface area contributed by atoms with E-state index >= 15 is 0 Å². The van der Waals surface area contributed by atoms with E-state index in [4.69, 9.17) is 9.05 Å². The molecule has 0 heterocycles. The quantitative estimate of drug-likeness (QED) is 0.438. The fourth-order valence-electron chi connectivity index (χ4n) is 1.62. The molecule has 0 N–H and O–H groups in total. The molecule has 0 amide bonds. The molecule has 0 aliphatic carbocycles. The number of hydrogen-bond donors (Lipinski definition) is 0. The van der Waals surface area contributed by atoms with E-state index in [2.05, 4.69) is 4.74 Å². The van der Waals surface area contributed by atoms with Gasteiger partial charge in [-0.15, -0.1) is 0 Å². The molecular formula is C14H19O5P. The summed E-state index contributed by atoms with van der Waals surface area (Å²) in [5.41, 5.74) is 0.600. The third kappa shape index (κ3) is 4.30. The summed E-state index contributed by atoms with van der Waals surface area (Å²) in [5.74, 6) is -0.608. The van der Waals surface area contributed by atoms with Gasteiger partial charge in [-0.05, 0) is 19.4 Å². The number of methoxy groups -OCH3 is 1. The fourth-order valence-corrected chi connectivity index (χ4v) is 3.38. The highest BCUT2D eigenvalue weighted by molar-refractivity contribution is 7.65. The van der Waals surface area contributed by atoms with Gasteiger partial charge in [-0.3, -0.25) is 4.57 Å². The molecule has 0 aliphatic rings. The maximum atomic E-state index is 12.8. The van der Waals surface area contributed by atoms with Crippen LogP contribution in [0.25, 0.3) is 5.31 Å². The lowest BCUT2D eigenvalue weighted by atomic mass is 10.2. The van der Waals surface area contributed by atoms with E-state index < -0.39 is 13.6 Å². The molecule has 0 saturated heterocycles. The van der Waals surface area contributed by atoms with Crippen molar-refractivity contribution in [2.75, 3.05) is 20.3 Å². The van der Waals surface area contributed by atoms with E-state index in [9.17, 15) is 9.36 Å². The molecule has 1 aromatic rings. The minimum Gasteiger partial charge on any atom is -0.466 e. The Bertz CT molecular complexity index is 500. The van der Waals surface area contributed by atoms with Crippen LogP contribution < -0.4 is 0 Å². The molecule has 0 unspecified atom stereocenters. The van der Waals surface area contributed by atoms with Gasteiger partial charge in [-0.25, -0.2) is 4.79 Å². The van der Waals surface area contributed by atoms with Gasteiger partial charge in [-0.2, -0.15) is 0 Å². The summed E-state index contributed by atoms with van der Waals surface area (Å²) in [6.07, 6.45) is 1.15. The lowest BCUT2D eigenvalue weighted by molar-refractivity contribution is -0.134. The number of ether oxygens (including phenoxy) is 1. The Hall–Kier alpha value is -1.42. The van der Waals surface area contributed by atoms with Crippen LogP contribution in [0.3, 0.4) is 0 Å². The average molecular weight is 298 g/mol. The van der Waals surface area contributed by atoms with Crippen LogP contribution in [0.1, 0.15) is 19.4 Å². The zero-order valence-electron chi connectivity index (χ0n) is 11.9. The number of carbonyl (C=O) groups excluding carboxylic acids is 1. The lowest BCUT2D eigenvalue weighted by Crippen LogP contribution is -2.02. The van der Waals surface area contributed by atoms with E-state index in [0.717, 1.165) is 6.08 Å². The fraction of sp³-hybridized carbons (Fsp3) is 0.357. The molecule has 6 heteroatoms. The van der Waals surface area contributed by atoms with Crippen molar-refractivity contribution in [3.05, 3.63) is 42.0 Å². The minimum atomic E-state index is -3.56. The predicted molar refractivity (Wildman–Crippen MR) is 77.3 cm³/mol. The van der Waals surface area contributed by atoms with Crippen LogP contribution in [0.5, 0.6) is 0 Å². The molecule has 0 aromatic heterocycles. The van der Waals surface area contributed by atoms with Crippen molar-refractivity contribution in [3.8, 4) is 0 Å². The molecule has 0 aliphatic heterocycles. The smallest absolute Gasteiger partial charge is 0.362 e. The molecule has 0 atom stereocenters. The maximum absolute atomic E-state index is 12.8. The largest absolute Gasteiger partial charge is 0.466 e. The molecule has 1 rings (SSSR count). The molecule has 0 radical (unpaired) electrons. The second-order valence-electron chi connectivity index (χ2n) is 3.75. The summed E-state index contributed by atoms with van der Waals surface area (Å²) in [7, 11) is -2.30. The van der Waals surface area contributed by atoms with Crippen molar-refractivity contribution in [2.24, 2.45) is 0 Å². The summed E-state index contributed by atoms with van der Waals surface area (Å²) in [5, 5.41) is 0.202. The number of rotatable bonds is 7. The predicted octanol–water partition coefficient (Wildman–Crippen LogP) is 3.47. The Morgan fingerprint density at radius 3 is 2.15 bits per heavy atom. The van der Waals surface area contributed by atoms with Crippen LogP contribution in [-0.2, 0) is 23.1 Å². The van der Waals surface area contributed by atoms with Crippen LogP contribution in [0, 0.1) is 0 Å². The van der Waals surface area contributed by atoms with Gasteiger partial charge in [0.05, 0.1) is 25.6 Å². The Kier molecular flexibility index (Phi) is 6.65. The van der Waals surface area contributed by atoms with E-state index in [0.29, 0.717) is 5.56 Å².